The van der Waals surface area contributed by atoms with Crippen molar-refractivity contribution in [3.63, 3.8) is 0 Å². The fourth-order valence-electron chi connectivity index (χ4n) is 2.79. The maximum absolute atomic E-state index is 12.5. The molecule has 1 heterocycles. The minimum Gasteiger partial charge on any atom is -0.478 e. The second kappa shape index (κ2) is 6.55. The number of carbonyl (C=O) groups is 2. The quantitative estimate of drug-likeness (QED) is 0.898. The van der Waals surface area contributed by atoms with E-state index in [1.165, 1.54) is 12.1 Å². The topological polar surface area (TPSA) is 57.6 Å². The Balaban J connectivity index is 2.13. The van der Waals surface area contributed by atoms with Crippen LogP contribution in [0.4, 0.5) is 0 Å². The summed E-state index contributed by atoms with van der Waals surface area (Å²) in [6.07, 6.45) is 5.40. The molecule has 20 heavy (non-hydrogen) atoms. The Morgan fingerprint density at radius 2 is 2.10 bits per heavy atom. The highest BCUT2D eigenvalue weighted by Gasteiger charge is 2.28. The number of nitrogens with zero attached hydrogens (tertiary/aromatic N) is 1. The van der Waals surface area contributed by atoms with Gasteiger partial charge in [0.25, 0.3) is 5.91 Å². The van der Waals surface area contributed by atoms with Crippen molar-refractivity contribution in [1.82, 2.24) is 4.90 Å². The van der Waals surface area contributed by atoms with Crippen molar-refractivity contribution >= 4 is 11.9 Å². The molecular formula is C16H21NO3. The third-order valence-electron chi connectivity index (χ3n) is 3.89. The van der Waals surface area contributed by atoms with E-state index < -0.39 is 5.97 Å². The molecule has 1 aromatic carbocycles. The molecule has 1 aliphatic heterocycles. The molecule has 108 valence electrons. The van der Waals surface area contributed by atoms with E-state index >= 15 is 0 Å². The van der Waals surface area contributed by atoms with Gasteiger partial charge in [-0.25, -0.2) is 4.79 Å². The molecule has 4 nitrogen and oxygen atoms in total. The highest BCUT2D eigenvalue weighted by molar-refractivity contribution is 5.97. The third-order valence-corrected chi connectivity index (χ3v) is 3.89. The van der Waals surface area contributed by atoms with Crippen LogP contribution in [-0.2, 0) is 0 Å². The lowest BCUT2D eigenvalue weighted by atomic mass is 10.1. The third kappa shape index (κ3) is 3.18. The molecular weight excluding hydrogens is 254 g/mol. The summed E-state index contributed by atoms with van der Waals surface area (Å²) in [7, 11) is 0. The number of aromatic carboxylic acids is 1. The summed E-state index contributed by atoms with van der Waals surface area (Å²) < 4.78 is 0. The van der Waals surface area contributed by atoms with Gasteiger partial charge in [0.1, 0.15) is 0 Å². The Bertz CT molecular complexity index is 498. The van der Waals surface area contributed by atoms with Gasteiger partial charge in [0, 0.05) is 18.2 Å². The lowest BCUT2D eigenvalue weighted by Gasteiger charge is -2.24. The standard InChI is InChI=1S/C16H21NO3/c1-2-3-8-14-9-5-10-17(14)15(18)12-6-4-7-13(11-12)16(19)20/h4,6-7,11,14H,2-3,5,8-10H2,1H3,(H,19,20)/t14-/m0/s1. The zero-order valence-corrected chi connectivity index (χ0v) is 11.8. The van der Waals surface area contributed by atoms with Gasteiger partial charge in [-0.2, -0.15) is 0 Å². The van der Waals surface area contributed by atoms with E-state index in [-0.39, 0.29) is 11.5 Å². The van der Waals surface area contributed by atoms with Crippen LogP contribution < -0.4 is 0 Å². The summed E-state index contributed by atoms with van der Waals surface area (Å²) in [6, 6.07) is 6.63. The number of hydrogen-bond donors (Lipinski definition) is 1. The number of amides is 1. The van der Waals surface area contributed by atoms with Crippen LogP contribution in [0.1, 0.15) is 59.7 Å². The SMILES string of the molecule is CCCC[C@H]1CCCN1C(=O)c1cccc(C(=O)O)c1. The summed E-state index contributed by atoms with van der Waals surface area (Å²) in [5, 5.41) is 9.00. The normalized spacial score (nSPS) is 18.2. The number of hydrogen-bond acceptors (Lipinski definition) is 2. The fourth-order valence-corrected chi connectivity index (χ4v) is 2.79. The van der Waals surface area contributed by atoms with Crippen LogP contribution in [0.3, 0.4) is 0 Å². The first kappa shape index (κ1) is 14.6. The van der Waals surface area contributed by atoms with Crippen molar-refractivity contribution in [1.29, 1.82) is 0 Å². The predicted molar refractivity (Wildman–Crippen MR) is 77.0 cm³/mol. The summed E-state index contributed by atoms with van der Waals surface area (Å²) in [5.74, 6) is -1.03. The largest absolute Gasteiger partial charge is 0.478 e. The van der Waals surface area contributed by atoms with E-state index in [1.807, 2.05) is 4.90 Å². The molecule has 1 N–H and O–H groups in total. The van der Waals surface area contributed by atoms with Gasteiger partial charge in [0.2, 0.25) is 0 Å². The van der Waals surface area contributed by atoms with Gasteiger partial charge < -0.3 is 10.0 Å². The Labute approximate surface area is 119 Å². The van der Waals surface area contributed by atoms with Crippen LogP contribution in [0.2, 0.25) is 0 Å². The lowest BCUT2D eigenvalue weighted by Crippen LogP contribution is -2.35. The predicted octanol–water partition coefficient (Wildman–Crippen LogP) is 3.18. The summed E-state index contributed by atoms with van der Waals surface area (Å²) in [6.45, 7) is 2.93. The van der Waals surface area contributed by atoms with Crippen LogP contribution in [0.5, 0.6) is 0 Å². The van der Waals surface area contributed by atoms with Crippen LogP contribution in [0.25, 0.3) is 0 Å². The van der Waals surface area contributed by atoms with E-state index in [9.17, 15) is 9.59 Å². The van der Waals surface area contributed by atoms with E-state index in [2.05, 4.69) is 6.92 Å². The maximum Gasteiger partial charge on any atom is 0.335 e. The van der Waals surface area contributed by atoms with Crippen LogP contribution >= 0.6 is 0 Å². The average Bonchev–Trinajstić information content (AvgIpc) is 2.92. The second-order valence-electron chi connectivity index (χ2n) is 5.32. The Morgan fingerprint density at radius 1 is 1.35 bits per heavy atom. The first-order valence-corrected chi connectivity index (χ1v) is 7.27. The average molecular weight is 275 g/mol. The molecule has 1 aliphatic rings. The number of benzene rings is 1. The van der Waals surface area contributed by atoms with E-state index in [4.69, 9.17) is 5.11 Å². The zero-order chi connectivity index (χ0) is 14.5. The molecule has 1 atom stereocenters. The van der Waals surface area contributed by atoms with Crippen molar-refractivity contribution in [2.24, 2.45) is 0 Å². The van der Waals surface area contributed by atoms with Gasteiger partial charge in [-0.3, -0.25) is 4.79 Å². The molecule has 1 aromatic rings. The Hall–Kier alpha value is -1.84. The monoisotopic (exact) mass is 275 g/mol. The molecule has 1 saturated heterocycles. The molecule has 2 rings (SSSR count). The van der Waals surface area contributed by atoms with Crippen molar-refractivity contribution < 1.29 is 14.7 Å². The van der Waals surface area contributed by atoms with Crippen molar-refractivity contribution in [2.45, 2.75) is 45.1 Å². The summed E-state index contributed by atoms with van der Waals surface area (Å²) in [4.78, 5) is 25.4. The number of carbonyl (C=O) groups excluding carboxylic acids is 1. The Kier molecular flexibility index (Phi) is 4.77. The van der Waals surface area contributed by atoms with Gasteiger partial charge in [-0.05, 0) is 37.5 Å². The maximum atomic E-state index is 12.5. The molecule has 0 aliphatic carbocycles. The number of carboxylic acids is 1. The van der Waals surface area contributed by atoms with E-state index in [0.29, 0.717) is 11.6 Å². The minimum absolute atomic E-state index is 0.0355. The zero-order valence-electron chi connectivity index (χ0n) is 11.8. The highest BCUT2D eigenvalue weighted by Crippen LogP contribution is 2.24. The molecule has 0 bridgehead atoms. The highest BCUT2D eigenvalue weighted by atomic mass is 16.4. The van der Waals surface area contributed by atoms with Crippen molar-refractivity contribution in [3.05, 3.63) is 35.4 Å². The van der Waals surface area contributed by atoms with Gasteiger partial charge in [0.15, 0.2) is 0 Å². The number of carboxylic acid groups (broad SMARTS) is 1. The molecule has 0 saturated carbocycles. The van der Waals surface area contributed by atoms with Gasteiger partial charge in [0.05, 0.1) is 5.56 Å². The first-order chi connectivity index (χ1) is 9.63. The molecule has 0 spiro atoms. The summed E-state index contributed by atoms with van der Waals surface area (Å²) >= 11 is 0. The lowest BCUT2D eigenvalue weighted by molar-refractivity contribution is 0.0697. The first-order valence-electron chi connectivity index (χ1n) is 7.27. The smallest absolute Gasteiger partial charge is 0.335 e. The fraction of sp³-hybridized carbons (Fsp3) is 0.500. The minimum atomic E-state index is -0.997. The van der Waals surface area contributed by atoms with E-state index in [1.54, 1.807) is 12.1 Å². The number of rotatable bonds is 5. The van der Waals surface area contributed by atoms with Crippen LogP contribution in [0, 0.1) is 0 Å². The second-order valence-corrected chi connectivity index (χ2v) is 5.32. The molecule has 4 heteroatoms. The van der Waals surface area contributed by atoms with Crippen molar-refractivity contribution in [3.8, 4) is 0 Å². The molecule has 0 radical (unpaired) electrons. The van der Waals surface area contributed by atoms with Gasteiger partial charge in [-0.1, -0.05) is 25.8 Å². The van der Waals surface area contributed by atoms with Gasteiger partial charge in [-0.15, -0.1) is 0 Å². The molecule has 1 amide bonds. The van der Waals surface area contributed by atoms with Gasteiger partial charge >= 0.3 is 5.97 Å². The summed E-state index contributed by atoms with van der Waals surface area (Å²) in [5.41, 5.74) is 0.647. The van der Waals surface area contributed by atoms with E-state index in [0.717, 1.165) is 38.6 Å². The van der Waals surface area contributed by atoms with Crippen molar-refractivity contribution in [2.75, 3.05) is 6.54 Å². The van der Waals surface area contributed by atoms with Crippen LogP contribution in [-0.4, -0.2) is 34.5 Å². The van der Waals surface area contributed by atoms with Crippen LogP contribution in [0.15, 0.2) is 24.3 Å². The number of likely N-dealkylation sites (tertiary alicyclic amines) is 1. The molecule has 0 aromatic heterocycles. The number of unbranched alkanes of at least 4 members (excludes halogenated alkanes) is 1. The Morgan fingerprint density at radius 3 is 2.80 bits per heavy atom. The molecule has 0 unspecified atom stereocenters. The molecule has 1 fully saturated rings.